The zero-order valence-electron chi connectivity index (χ0n) is 15.2. The minimum Gasteiger partial charge on any atom is -0.496 e. The maximum absolute atomic E-state index is 12.8. The van der Waals surface area contributed by atoms with Crippen LogP contribution in [0.15, 0.2) is 54.6 Å². The Balaban J connectivity index is 1.59. The summed E-state index contributed by atoms with van der Waals surface area (Å²) < 4.78 is 5.33. The highest BCUT2D eigenvalue weighted by Gasteiger charge is 2.57. The van der Waals surface area contributed by atoms with E-state index in [1.807, 2.05) is 54.6 Å². The number of carbonyl (C=O) groups is 2. The van der Waals surface area contributed by atoms with Crippen molar-refractivity contribution >= 4 is 17.5 Å². The lowest BCUT2D eigenvalue weighted by Crippen LogP contribution is -2.44. The smallest absolute Gasteiger partial charge is 0.242 e. The second-order valence-corrected chi connectivity index (χ2v) is 6.60. The molecule has 1 fully saturated rings. The molecule has 0 radical (unpaired) electrons. The largest absolute Gasteiger partial charge is 0.496 e. The van der Waals surface area contributed by atoms with Crippen molar-refractivity contribution in [2.24, 2.45) is 5.41 Å². The first kappa shape index (κ1) is 18.0. The third-order valence-electron chi connectivity index (χ3n) is 4.91. The molecule has 1 saturated carbocycles. The number of anilines is 1. The Morgan fingerprint density at radius 1 is 1.08 bits per heavy atom. The summed E-state index contributed by atoms with van der Waals surface area (Å²) in [5.74, 6) is 0.487. The third-order valence-corrected chi connectivity index (χ3v) is 4.91. The Morgan fingerprint density at radius 2 is 1.73 bits per heavy atom. The first-order valence-corrected chi connectivity index (χ1v) is 8.82. The molecule has 0 aliphatic heterocycles. The lowest BCUT2D eigenvalue weighted by atomic mass is 10.0. The molecule has 1 N–H and O–H groups in total. The van der Waals surface area contributed by atoms with Gasteiger partial charge < -0.3 is 15.0 Å². The molecule has 0 spiro atoms. The van der Waals surface area contributed by atoms with Gasteiger partial charge in [-0.3, -0.25) is 9.59 Å². The first-order chi connectivity index (χ1) is 12.6. The van der Waals surface area contributed by atoms with Gasteiger partial charge in [-0.25, -0.2) is 0 Å². The van der Waals surface area contributed by atoms with Crippen molar-refractivity contribution in [3.05, 3.63) is 60.2 Å². The Morgan fingerprint density at radius 3 is 2.38 bits per heavy atom. The SMILES string of the molecule is COc1ccccc1CCNC(=O)C1(C(=O)N(C)c2ccccc2)CC1. The van der Waals surface area contributed by atoms with Crippen molar-refractivity contribution in [2.45, 2.75) is 19.3 Å². The number of para-hydroxylation sites is 2. The van der Waals surface area contributed by atoms with Crippen LogP contribution < -0.4 is 15.0 Å². The molecule has 0 unspecified atom stereocenters. The molecule has 0 atom stereocenters. The van der Waals surface area contributed by atoms with Gasteiger partial charge >= 0.3 is 0 Å². The Bertz CT molecular complexity index is 785. The van der Waals surface area contributed by atoms with E-state index in [0.717, 1.165) is 17.0 Å². The number of hydrogen-bond acceptors (Lipinski definition) is 3. The summed E-state index contributed by atoms with van der Waals surface area (Å²) in [7, 11) is 3.36. The summed E-state index contributed by atoms with van der Waals surface area (Å²) in [4.78, 5) is 27.1. The summed E-state index contributed by atoms with van der Waals surface area (Å²) in [5.41, 5.74) is 0.921. The molecule has 136 valence electrons. The average molecular weight is 352 g/mol. The zero-order valence-corrected chi connectivity index (χ0v) is 15.2. The molecule has 2 amide bonds. The van der Waals surface area contributed by atoms with Crippen LogP contribution in [-0.4, -0.2) is 32.5 Å². The van der Waals surface area contributed by atoms with Crippen LogP contribution in [0.1, 0.15) is 18.4 Å². The summed E-state index contributed by atoms with van der Waals surface area (Å²) in [6.07, 6.45) is 1.86. The van der Waals surface area contributed by atoms with Crippen molar-refractivity contribution in [3.63, 3.8) is 0 Å². The molecule has 0 saturated heterocycles. The third kappa shape index (κ3) is 3.57. The molecule has 3 rings (SSSR count). The van der Waals surface area contributed by atoms with Crippen molar-refractivity contribution in [2.75, 3.05) is 25.6 Å². The predicted octanol–water partition coefficient (Wildman–Crippen LogP) is 2.80. The number of rotatable bonds is 7. The average Bonchev–Trinajstić information content (AvgIpc) is 3.50. The second kappa shape index (κ2) is 7.60. The van der Waals surface area contributed by atoms with Crippen LogP contribution in [0, 0.1) is 5.41 Å². The fraction of sp³-hybridized carbons (Fsp3) is 0.333. The van der Waals surface area contributed by atoms with Crippen molar-refractivity contribution in [3.8, 4) is 5.75 Å². The van der Waals surface area contributed by atoms with Gasteiger partial charge in [-0.1, -0.05) is 36.4 Å². The van der Waals surface area contributed by atoms with E-state index in [4.69, 9.17) is 4.74 Å². The number of methoxy groups -OCH3 is 1. The molecule has 0 heterocycles. The quantitative estimate of drug-likeness (QED) is 0.780. The molecule has 0 bridgehead atoms. The van der Waals surface area contributed by atoms with E-state index in [0.29, 0.717) is 25.8 Å². The second-order valence-electron chi connectivity index (χ2n) is 6.60. The standard InChI is InChI=1S/C21H24N2O3/c1-23(17-9-4-3-5-10-17)20(25)21(13-14-21)19(24)22-15-12-16-8-6-7-11-18(16)26-2/h3-11H,12-15H2,1-2H3,(H,22,24). The monoisotopic (exact) mass is 352 g/mol. The molecule has 2 aromatic carbocycles. The molecule has 26 heavy (non-hydrogen) atoms. The van der Waals surface area contributed by atoms with E-state index < -0.39 is 5.41 Å². The molecule has 5 heteroatoms. The van der Waals surface area contributed by atoms with Gasteiger partial charge in [0.25, 0.3) is 0 Å². The molecule has 5 nitrogen and oxygen atoms in total. The maximum Gasteiger partial charge on any atom is 0.242 e. The first-order valence-electron chi connectivity index (χ1n) is 8.82. The Hall–Kier alpha value is -2.82. The van der Waals surface area contributed by atoms with E-state index >= 15 is 0 Å². The normalized spacial score (nSPS) is 14.4. The van der Waals surface area contributed by atoms with E-state index in [2.05, 4.69) is 5.32 Å². The van der Waals surface area contributed by atoms with E-state index in [1.165, 1.54) is 0 Å². The number of benzene rings is 2. The molecule has 0 aromatic heterocycles. The van der Waals surface area contributed by atoms with Gasteiger partial charge in [0.1, 0.15) is 11.2 Å². The van der Waals surface area contributed by atoms with Crippen LogP contribution in [-0.2, 0) is 16.0 Å². The number of amides is 2. The van der Waals surface area contributed by atoms with Gasteiger partial charge in [0.2, 0.25) is 11.8 Å². The highest BCUT2D eigenvalue weighted by Crippen LogP contribution is 2.47. The van der Waals surface area contributed by atoms with E-state index in [9.17, 15) is 9.59 Å². The van der Waals surface area contributed by atoms with Crippen LogP contribution >= 0.6 is 0 Å². The van der Waals surface area contributed by atoms with Crippen LogP contribution in [0.4, 0.5) is 5.69 Å². The topological polar surface area (TPSA) is 58.6 Å². The van der Waals surface area contributed by atoms with E-state index in [1.54, 1.807) is 19.1 Å². The highest BCUT2D eigenvalue weighted by molar-refractivity contribution is 6.13. The number of hydrogen-bond donors (Lipinski definition) is 1. The van der Waals surface area contributed by atoms with Crippen LogP contribution in [0.25, 0.3) is 0 Å². The van der Waals surface area contributed by atoms with Gasteiger partial charge in [-0.05, 0) is 43.0 Å². The van der Waals surface area contributed by atoms with Gasteiger partial charge in [0.15, 0.2) is 0 Å². The fourth-order valence-electron chi connectivity index (χ4n) is 3.14. The number of ether oxygens (including phenoxy) is 1. The van der Waals surface area contributed by atoms with Gasteiger partial charge in [0, 0.05) is 19.3 Å². The number of nitrogens with zero attached hydrogens (tertiary/aromatic N) is 1. The van der Waals surface area contributed by atoms with Crippen LogP contribution in [0.5, 0.6) is 5.75 Å². The van der Waals surface area contributed by atoms with Crippen LogP contribution in [0.3, 0.4) is 0 Å². The molecular weight excluding hydrogens is 328 g/mol. The highest BCUT2D eigenvalue weighted by atomic mass is 16.5. The minimum absolute atomic E-state index is 0.140. The zero-order chi connectivity index (χ0) is 18.6. The number of carbonyl (C=O) groups excluding carboxylic acids is 2. The van der Waals surface area contributed by atoms with E-state index in [-0.39, 0.29) is 11.8 Å². The minimum atomic E-state index is -0.911. The molecule has 1 aliphatic rings. The number of nitrogens with one attached hydrogen (secondary N) is 1. The Labute approximate surface area is 154 Å². The van der Waals surface area contributed by atoms with Crippen molar-refractivity contribution < 1.29 is 14.3 Å². The van der Waals surface area contributed by atoms with Gasteiger partial charge in [-0.15, -0.1) is 0 Å². The maximum atomic E-state index is 12.8. The Kier molecular flexibility index (Phi) is 5.26. The predicted molar refractivity (Wildman–Crippen MR) is 101 cm³/mol. The molecule has 1 aliphatic carbocycles. The van der Waals surface area contributed by atoms with Gasteiger partial charge in [-0.2, -0.15) is 0 Å². The molecular formula is C21H24N2O3. The van der Waals surface area contributed by atoms with Gasteiger partial charge in [0.05, 0.1) is 7.11 Å². The fourth-order valence-corrected chi connectivity index (χ4v) is 3.14. The summed E-state index contributed by atoms with van der Waals surface area (Å²) >= 11 is 0. The summed E-state index contributed by atoms with van der Waals surface area (Å²) in [6.45, 7) is 0.475. The molecule has 2 aromatic rings. The lowest BCUT2D eigenvalue weighted by molar-refractivity contribution is -0.135. The van der Waals surface area contributed by atoms with Crippen molar-refractivity contribution in [1.82, 2.24) is 5.32 Å². The van der Waals surface area contributed by atoms with Crippen molar-refractivity contribution in [1.29, 1.82) is 0 Å². The summed E-state index contributed by atoms with van der Waals surface area (Å²) in [6, 6.07) is 17.1. The van der Waals surface area contributed by atoms with Crippen LogP contribution in [0.2, 0.25) is 0 Å². The lowest BCUT2D eigenvalue weighted by Gasteiger charge is -2.23. The summed E-state index contributed by atoms with van der Waals surface area (Å²) in [5, 5.41) is 2.93.